The molecule has 1 unspecified atom stereocenters. The van der Waals surface area contributed by atoms with Crippen LogP contribution >= 0.6 is 7.14 Å². The van der Waals surface area contributed by atoms with Gasteiger partial charge in [-0.1, -0.05) is 121 Å². The number of benzene rings is 7. The SMILES string of the molecule is O=P1(c2ccccc2)c2ccccc2-c2cc3c(cc21)c1ccccc1n3-c1cccc2c1ccc1ccccc12. The fourth-order valence-electron chi connectivity index (χ4n) is 6.98. The molecular formula is C38H24NOP. The highest BCUT2D eigenvalue weighted by Gasteiger charge is 2.40. The van der Waals surface area contributed by atoms with Crippen LogP contribution in [-0.2, 0) is 4.57 Å². The van der Waals surface area contributed by atoms with Gasteiger partial charge in [-0.3, -0.25) is 0 Å². The molecular weight excluding hydrogens is 517 g/mol. The maximum Gasteiger partial charge on any atom is 0.172 e. The van der Waals surface area contributed by atoms with Gasteiger partial charge in [-0.15, -0.1) is 0 Å². The van der Waals surface area contributed by atoms with Crippen LogP contribution in [0.4, 0.5) is 0 Å². The molecule has 0 fully saturated rings. The fraction of sp³-hybridized carbons (Fsp3) is 0. The Labute approximate surface area is 237 Å². The highest BCUT2D eigenvalue weighted by Crippen LogP contribution is 2.53. The Balaban J connectivity index is 1.42. The van der Waals surface area contributed by atoms with Gasteiger partial charge in [0.2, 0.25) is 0 Å². The molecule has 0 spiro atoms. The molecule has 2 nitrogen and oxygen atoms in total. The Hall–Kier alpha value is -4.91. The summed E-state index contributed by atoms with van der Waals surface area (Å²) in [7, 11) is -3.02. The van der Waals surface area contributed by atoms with E-state index in [1.807, 2.05) is 36.4 Å². The monoisotopic (exact) mass is 541 g/mol. The van der Waals surface area contributed by atoms with Crippen molar-refractivity contribution in [2.75, 3.05) is 0 Å². The van der Waals surface area contributed by atoms with Crippen LogP contribution < -0.4 is 15.9 Å². The van der Waals surface area contributed by atoms with E-state index in [-0.39, 0.29) is 0 Å². The molecule has 0 N–H and O–H groups in total. The molecule has 9 rings (SSSR count). The number of aromatic nitrogens is 1. The lowest BCUT2D eigenvalue weighted by molar-refractivity contribution is 0.593. The van der Waals surface area contributed by atoms with Gasteiger partial charge in [-0.05, 0) is 51.6 Å². The van der Waals surface area contributed by atoms with Gasteiger partial charge in [-0.2, -0.15) is 0 Å². The Morgan fingerprint density at radius 2 is 1.17 bits per heavy atom. The van der Waals surface area contributed by atoms with Gasteiger partial charge in [0.05, 0.1) is 16.7 Å². The Morgan fingerprint density at radius 3 is 2.07 bits per heavy atom. The Bertz CT molecular complexity index is 2400. The van der Waals surface area contributed by atoms with E-state index in [1.54, 1.807) is 0 Å². The zero-order chi connectivity index (χ0) is 27.1. The first kappa shape index (κ1) is 22.9. The minimum absolute atomic E-state index is 0.884. The van der Waals surface area contributed by atoms with Gasteiger partial charge in [0.25, 0.3) is 0 Å². The summed E-state index contributed by atoms with van der Waals surface area (Å²) in [5.74, 6) is 0. The first-order valence-corrected chi connectivity index (χ1v) is 15.7. The van der Waals surface area contributed by atoms with E-state index in [1.165, 1.54) is 26.9 Å². The molecule has 1 aliphatic heterocycles. The summed E-state index contributed by atoms with van der Waals surface area (Å²) in [6, 6.07) is 51.0. The van der Waals surface area contributed by atoms with Crippen molar-refractivity contribution in [1.82, 2.24) is 4.57 Å². The molecule has 1 atom stereocenters. The first-order valence-electron chi connectivity index (χ1n) is 14.0. The fourth-order valence-corrected chi connectivity index (χ4v) is 10.1. The number of rotatable bonds is 2. The molecule has 2 heterocycles. The number of hydrogen-bond donors (Lipinski definition) is 0. The van der Waals surface area contributed by atoms with Gasteiger partial charge in [0.1, 0.15) is 0 Å². The van der Waals surface area contributed by atoms with Gasteiger partial charge in [0.15, 0.2) is 7.14 Å². The van der Waals surface area contributed by atoms with Gasteiger partial charge in [0, 0.05) is 32.1 Å². The van der Waals surface area contributed by atoms with Crippen molar-refractivity contribution < 1.29 is 4.57 Å². The van der Waals surface area contributed by atoms with Crippen LogP contribution in [-0.4, -0.2) is 4.57 Å². The molecule has 1 aromatic heterocycles. The normalized spacial score (nSPS) is 16.0. The van der Waals surface area contributed by atoms with Gasteiger partial charge < -0.3 is 9.13 Å². The summed E-state index contributed by atoms with van der Waals surface area (Å²) >= 11 is 0. The van der Waals surface area contributed by atoms with Crippen LogP contribution in [0.15, 0.2) is 146 Å². The lowest BCUT2D eigenvalue weighted by atomic mass is 10.0. The van der Waals surface area contributed by atoms with E-state index >= 15 is 4.57 Å². The van der Waals surface area contributed by atoms with Gasteiger partial charge >= 0.3 is 0 Å². The molecule has 192 valence electrons. The summed E-state index contributed by atoms with van der Waals surface area (Å²) in [6.07, 6.45) is 0. The summed E-state index contributed by atoms with van der Waals surface area (Å²) in [5.41, 5.74) is 5.56. The molecule has 0 radical (unpaired) electrons. The van der Waals surface area contributed by atoms with E-state index in [4.69, 9.17) is 0 Å². The number of hydrogen-bond acceptors (Lipinski definition) is 1. The second-order valence-electron chi connectivity index (χ2n) is 10.9. The first-order chi connectivity index (χ1) is 20.2. The van der Waals surface area contributed by atoms with Crippen molar-refractivity contribution in [2.45, 2.75) is 0 Å². The summed E-state index contributed by atoms with van der Waals surface area (Å²) < 4.78 is 17.6. The van der Waals surface area contributed by atoms with Crippen LogP contribution in [0.5, 0.6) is 0 Å². The lowest BCUT2D eigenvalue weighted by Gasteiger charge is -2.16. The summed E-state index contributed by atoms with van der Waals surface area (Å²) in [6.45, 7) is 0. The van der Waals surface area contributed by atoms with Crippen molar-refractivity contribution in [3.05, 3.63) is 146 Å². The number of nitrogens with zero attached hydrogens (tertiary/aromatic N) is 1. The molecule has 0 saturated carbocycles. The molecule has 0 bridgehead atoms. The van der Waals surface area contributed by atoms with E-state index < -0.39 is 7.14 Å². The van der Waals surface area contributed by atoms with Gasteiger partial charge in [-0.25, -0.2) is 0 Å². The van der Waals surface area contributed by atoms with Crippen molar-refractivity contribution in [3.63, 3.8) is 0 Å². The van der Waals surface area contributed by atoms with Crippen molar-refractivity contribution in [1.29, 1.82) is 0 Å². The van der Waals surface area contributed by atoms with Crippen molar-refractivity contribution in [3.8, 4) is 16.8 Å². The molecule has 8 aromatic rings. The van der Waals surface area contributed by atoms with Crippen LogP contribution in [0.2, 0.25) is 0 Å². The molecule has 0 saturated heterocycles. The minimum Gasteiger partial charge on any atom is -0.309 e. The topological polar surface area (TPSA) is 22.0 Å². The Morgan fingerprint density at radius 1 is 0.439 bits per heavy atom. The maximum atomic E-state index is 15.2. The zero-order valence-electron chi connectivity index (χ0n) is 22.2. The largest absolute Gasteiger partial charge is 0.309 e. The smallest absolute Gasteiger partial charge is 0.172 e. The Kier molecular flexibility index (Phi) is 4.63. The zero-order valence-corrected chi connectivity index (χ0v) is 23.1. The molecule has 7 aromatic carbocycles. The van der Waals surface area contributed by atoms with Crippen LogP contribution in [0.25, 0.3) is 60.2 Å². The summed E-state index contributed by atoms with van der Waals surface area (Å²) in [4.78, 5) is 0. The highest BCUT2D eigenvalue weighted by atomic mass is 31.2. The second-order valence-corrected chi connectivity index (χ2v) is 13.6. The lowest BCUT2D eigenvalue weighted by Crippen LogP contribution is -2.20. The summed E-state index contributed by atoms with van der Waals surface area (Å²) in [5, 5.41) is 9.99. The second kappa shape index (κ2) is 8.30. The number of para-hydroxylation sites is 1. The van der Waals surface area contributed by atoms with E-state index in [9.17, 15) is 0 Å². The molecule has 0 amide bonds. The third kappa shape index (κ3) is 3.00. The van der Waals surface area contributed by atoms with Crippen molar-refractivity contribution in [2.24, 2.45) is 0 Å². The number of fused-ring (bicyclic) bond motifs is 9. The highest BCUT2D eigenvalue weighted by molar-refractivity contribution is 7.86. The quantitative estimate of drug-likeness (QED) is 0.158. The minimum atomic E-state index is -3.02. The average Bonchev–Trinajstić information content (AvgIpc) is 3.50. The molecule has 41 heavy (non-hydrogen) atoms. The average molecular weight is 542 g/mol. The predicted molar refractivity (Wildman–Crippen MR) is 174 cm³/mol. The van der Waals surface area contributed by atoms with E-state index in [0.29, 0.717) is 0 Å². The van der Waals surface area contributed by atoms with E-state index in [2.05, 4.69) is 114 Å². The predicted octanol–water partition coefficient (Wildman–Crippen LogP) is 8.71. The van der Waals surface area contributed by atoms with Crippen molar-refractivity contribution >= 4 is 66.4 Å². The maximum absolute atomic E-state index is 15.2. The van der Waals surface area contributed by atoms with Crippen LogP contribution in [0.3, 0.4) is 0 Å². The van der Waals surface area contributed by atoms with Crippen LogP contribution in [0, 0.1) is 0 Å². The third-order valence-corrected chi connectivity index (χ3v) is 11.9. The molecule has 0 aliphatic carbocycles. The standard InChI is InChI=1S/C38H24NOP/c40-41(26-12-2-1-3-13-26)37-20-9-7-16-31(37)33-23-36-32(24-38(33)41)29-15-6-8-18-34(29)39(36)35-19-10-17-28-27-14-5-4-11-25(27)21-22-30(28)35/h1-24H. The van der Waals surface area contributed by atoms with E-state index in [0.717, 1.165) is 49.1 Å². The molecule has 1 aliphatic rings. The third-order valence-electron chi connectivity index (χ3n) is 8.79. The molecule has 3 heteroatoms. The van der Waals surface area contributed by atoms with Crippen LogP contribution in [0.1, 0.15) is 0 Å².